The molecule has 0 atom stereocenters. The molecule has 0 unspecified atom stereocenters. The van der Waals surface area contributed by atoms with Crippen LogP contribution in [0, 0.1) is 11.8 Å². The molecular formula is C7H15Cl2N. The van der Waals surface area contributed by atoms with Crippen LogP contribution in [0.15, 0.2) is 4.51 Å². The second-order valence-corrected chi connectivity index (χ2v) is 2.99. The molecule has 0 spiro atoms. The Morgan fingerprint density at radius 1 is 1.10 bits per heavy atom. The van der Waals surface area contributed by atoms with Crippen molar-refractivity contribution in [2.75, 3.05) is 0 Å². The summed E-state index contributed by atoms with van der Waals surface area (Å²) in [6, 6.07) is 0. The van der Waals surface area contributed by atoms with Gasteiger partial charge in [-0.1, -0.05) is 27.7 Å². The minimum absolute atomic E-state index is 0. The molecule has 0 bridgehead atoms. The Labute approximate surface area is 74.4 Å². The molecule has 0 aliphatic carbocycles. The number of nitrogens with zero attached hydrogens (tertiary/aromatic N) is 1. The maximum Gasteiger partial charge on any atom is 0.0376 e. The van der Waals surface area contributed by atoms with Crippen LogP contribution in [-0.4, -0.2) is 5.71 Å². The minimum Gasteiger partial charge on any atom is -0.186 e. The largest absolute Gasteiger partial charge is 0.186 e. The van der Waals surface area contributed by atoms with E-state index >= 15 is 0 Å². The minimum atomic E-state index is 0. The Morgan fingerprint density at radius 2 is 1.40 bits per heavy atom. The van der Waals surface area contributed by atoms with Crippen LogP contribution >= 0.6 is 24.2 Å². The first-order valence-corrected chi connectivity index (χ1v) is 3.62. The van der Waals surface area contributed by atoms with E-state index in [4.69, 9.17) is 11.8 Å². The highest BCUT2D eigenvalue weighted by Gasteiger charge is 2.08. The van der Waals surface area contributed by atoms with Crippen molar-refractivity contribution in [2.45, 2.75) is 27.7 Å². The Morgan fingerprint density at radius 3 is 1.40 bits per heavy atom. The van der Waals surface area contributed by atoms with E-state index in [0.29, 0.717) is 11.8 Å². The molecule has 0 amide bonds. The summed E-state index contributed by atoms with van der Waals surface area (Å²) >= 11 is 5.35. The van der Waals surface area contributed by atoms with Gasteiger partial charge in [-0.15, -0.1) is 12.4 Å². The van der Waals surface area contributed by atoms with E-state index in [1.807, 2.05) is 0 Å². The zero-order chi connectivity index (χ0) is 7.44. The van der Waals surface area contributed by atoms with Crippen molar-refractivity contribution in [1.82, 2.24) is 0 Å². The number of halogens is 2. The van der Waals surface area contributed by atoms with E-state index in [1.165, 1.54) is 0 Å². The first-order valence-electron chi connectivity index (χ1n) is 3.28. The van der Waals surface area contributed by atoms with Gasteiger partial charge in [-0.25, -0.2) is 0 Å². The van der Waals surface area contributed by atoms with E-state index < -0.39 is 0 Å². The predicted molar refractivity (Wildman–Crippen MR) is 50.2 cm³/mol. The lowest BCUT2D eigenvalue weighted by Gasteiger charge is -2.10. The van der Waals surface area contributed by atoms with E-state index in [2.05, 4.69) is 32.2 Å². The fourth-order valence-electron chi connectivity index (χ4n) is 0.862. The van der Waals surface area contributed by atoms with E-state index in [-0.39, 0.29) is 12.4 Å². The highest BCUT2D eigenvalue weighted by molar-refractivity contribution is 6.20. The van der Waals surface area contributed by atoms with Gasteiger partial charge in [0.15, 0.2) is 0 Å². The molecule has 3 heteroatoms. The van der Waals surface area contributed by atoms with E-state index in [1.54, 1.807) is 0 Å². The van der Waals surface area contributed by atoms with Gasteiger partial charge in [-0.05, 0) is 11.8 Å². The molecule has 0 rings (SSSR count). The molecule has 62 valence electrons. The summed E-state index contributed by atoms with van der Waals surface area (Å²) < 4.78 is 3.68. The van der Waals surface area contributed by atoms with Crippen molar-refractivity contribution in [3.05, 3.63) is 0 Å². The van der Waals surface area contributed by atoms with Crippen LogP contribution in [0.25, 0.3) is 0 Å². The Kier molecular flexibility index (Phi) is 7.72. The zero-order valence-corrected chi connectivity index (χ0v) is 8.46. The Bertz CT molecular complexity index is 98.2. The van der Waals surface area contributed by atoms with Crippen LogP contribution in [0.4, 0.5) is 0 Å². The summed E-state index contributed by atoms with van der Waals surface area (Å²) in [5.74, 6) is 0.949. The number of rotatable bonds is 2. The zero-order valence-electron chi connectivity index (χ0n) is 6.89. The second-order valence-electron chi connectivity index (χ2n) is 2.82. The van der Waals surface area contributed by atoms with Crippen LogP contribution in [0.1, 0.15) is 27.7 Å². The molecule has 0 aliphatic heterocycles. The van der Waals surface area contributed by atoms with Gasteiger partial charge in [-0.3, -0.25) is 0 Å². The van der Waals surface area contributed by atoms with Crippen molar-refractivity contribution in [2.24, 2.45) is 16.3 Å². The molecule has 0 radical (unpaired) electrons. The predicted octanol–water partition coefficient (Wildman–Crippen LogP) is 3.32. The van der Waals surface area contributed by atoms with Crippen LogP contribution in [0.5, 0.6) is 0 Å². The average molecular weight is 184 g/mol. The van der Waals surface area contributed by atoms with Gasteiger partial charge in [0.2, 0.25) is 0 Å². The molecule has 0 N–H and O–H groups in total. The molecule has 0 aromatic heterocycles. The normalized spacial score (nSPS) is 9.50. The molecule has 0 fully saturated rings. The van der Waals surface area contributed by atoms with Crippen molar-refractivity contribution in [3.63, 3.8) is 0 Å². The summed E-state index contributed by atoms with van der Waals surface area (Å²) in [7, 11) is 0. The topological polar surface area (TPSA) is 12.4 Å². The van der Waals surface area contributed by atoms with Gasteiger partial charge in [0.25, 0.3) is 0 Å². The monoisotopic (exact) mass is 183 g/mol. The molecule has 0 aromatic rings. The van der Waals surface area contributed by atoms with Crippen LogP contribution in [-0.2, 0) is 0 Å². The first-order chi connectivity index (χ1) is 4.09. The third-order valence-electron chi connectivity index (χ3n) is 1.28. The highest BCUT2D eigenvalue weighted by atomic mass is 35.5. The third kappa shape index (κ3) is 4.13. The summed E-state index contributed by atoms with van der Waals surface area (Å²) in [5.41, 5.74) is 1.08. The first kappa shape index (κ1) is 12.9. The Balaban J connectivity index is 0. The lowest BCUT2D eigenvalue weighted by molar-refractivity contribution is 0.769. The number of hydrogen-bond donors (Lipinski definition) is 0. The van der Waals surface area contributed by atoms with Gasteiger partial charge in [0.05, 0.1) is 0 Å². The summed E-state index contributed by atoms with van der Waals surface area (Å²) in [6.45, 7) is 8.39. The summed E-state index contributed by atoms with van der Waals surface area (Å²) in [6.07, 6.45) is 0. The van der Waals surface area contributed by atoms with Gasteiger partial charge in [0.1, 0.15) is 0 Å². The molecular weight excluding hydrogens is 169 g/mol. The lowest BCUT2D eigenvalue weighted by Crippen LogP contribution is -2.13. The lowest BCUT2D eigenvalue weighted by atomic mass is 9.98. The quantitative estimate of drug-likeness (QED) is 0.583. The van der Waals surface area contributed by atoms with Crippen molar-refractivity contribution in [3.8, 4) is 0 Å². The molecule has 0 saturated heterocycles. The smallest absolute Gasteiger partial charge is 0.0376 e. The van der Waals surface area contributed by atoms with Crippen molar-refractivity contribution < 1.29 is 0 Å². The molecule has 0 saturated carbocycles. The van der Waals surface area contributed by atoms with Crippen molar-refractivity contribution in [1.29, 1.82) is 0 Å². The third-order valence-corrected chi connectivity index (χ3v) is 1.48. The summed E-state index contributed by atoms with van der Waals surface area (Å²) in [4.78, 5) is 0. The molecule has 0 aromatic carbocycles. The van der Waals surface area contributed by atoms with Crippen molar-refractivity contribution >= 4 is 29.9 Å². The van der Waals surface area contributed by atoms with Gasteiger partial charge < -0.3 is 0 Å². The molecule has 10 heavy (non-hydrogen) atoms. The SMILES string of the molecule is CC(C)C(=NCl)C(C)C.Cl. The summed E-state index contributed by atoms with van der Waals surface area (Å²) in [5, 5.41) is 0. The standard InChI is InChI=1S/C7H14ClN.ClH/c1-5(2)7(9-8)6(3)4;/h5-6H,1-4H3;1H. The number of hydrogen-bond acceptors (Lipinski definition) is 1. The second kappa shape index (κ2) is 5.99. The van der Waals surface area contributed by atoms with Crippen LogP contribution < -0.4 is 0 Å². The molecule has 1 nitrogen and oxygen atoms in total. The fourth-order valence-corrected chi connectivity index (χ4v) is 1.25. The van der Waals surface area contributed by atoms with Gasteiger partial charge in [0, 0.05) is 17.5 Å². The highest BCUT2D eigenvalue weighted by Crippen LogP contribution is 2.08. The maximum absolute atomic E-state index is 5.35. The van der Waals surface area contributed by atoms with Gasteiger partial charge >= 0.3 is 0 Å². The van der Waals surface area contributed by atoms with Gasteiger partial charge in [-0.2, -0.15) is 4.51 Å². The maximum atomic E-state index is 5.35. The van der Waals surface area contributed by atoms with Crippen LogP contribution in [0.2, 0.25) is 0 Å². The molecule has 0 aliphatic rings. The fraction of sp³-hybridized carbons (Fsp3) is 0.857. The average Bonchev–Trinajstić information content (AvgIpc) is 1.64. The van der Waals surface area contributed by atoms with Crippen LogP contribution in [0.3, 0.4) is 0 Å². The van der Waals surface area contributed by atoms with E-state index in [9.17, 15) is 0 Å². The molecule has 0 heterocycles. The van der Waals surface area contributed by atoms with E-state index in [0.717, 1.165) is 5.71 Å². The Hall–Kier alpha value is 0.250.